The molecule has 1 amide bonds. The van der Waals surface area contributed by atoms with Crippen LogP contribution >= 0.6 is 0 Å². The molecule has 0 fully saturated rings. The van der Waals surface area contributed by atoms with Crippen LogP contribution < -0.4 is 16.6 Å². The molecule has 126 valence electrons. The first-order valence-electron chi connectivity index (χ1n) is 7.17. The zero-order chi connectivity index (χ0) is 17.7. The second kappa shape index (κ2) is 7.40. The minimum atomic E-state index is -0.764. The van der Waals surface area contributed by atoms with Crippen molar-refractivity contribution in [1.29, 1.82) is 0 Å². The second-order valence-electron chi connectivity index (χ2n) is 5.25. The fourth-order valence-electron chi connectivity index (χ4n) is 1.92. The van der Waals surface area contributed by atoms with Gasteiger partial charge in [0.2, 0.25) is 0 Å². The van der Waals surface area contributed by atoms with Crippen LogP contribution in [-0.2, 0) is 20.9 Å². The first-order chi connectivity index (χ1) is 11.3. The normalized spacial score (nSPS) is 10.2. The van der Waals surface area contributed by atoms with Crippen LogP contribution in [-0.4, -0.2) is 28.0 Å². The van der Waals surface area contributed by atoms with Gasteiger partial charge in [-0.25, -0.2) is 4.79 Å². The van der Waals surface area contributed by atoms with Gasteiger partial charge in [-0.15, -0.1) is 0 Å². The molecule has 2 rings (SSSR count). The van der Waals surface area contributed by atoms with Gasteiger partial charge in [0, 0.05) is 18.0 Å². The molecule has 1 aromatic carbocycles. The van der Waals surface area contributed by atoms with Gasteiger partial charge in [0.1, 0.15) is 6.54 Å². The van der Waals surface area contributed by atoms with Gasteiger partial charge in [-0.3, -0.25) is 23.9 Å². The molecule has 0 aliphatic carbocycles. The van der Waals surface area contributed by atoms with E-state index in [1.165, 1.54) is 6.20 Å². The van der Waals surface area contributed by atoms with Gasteiger partial charge in [-0.05, 0) is 37.1 Å². The predicted molar refractivity (Wildman–Crippen MR) is 86.8 cm³/mol. The quantitative estimate of drug-likeness (QED) is 0.768. The Kier molecular flexibility index (Phi) is 5.31. The number of esters is 1. The van der Waals surface area contributed by atoms with Crippen molar-refractivity contribution < 1.29 is 14.3 Å². The molecule has 0 saturated heterocycles. The number of aromatic nitrogens is 2. The summed E-state index contributed by atoms with van der Waals surface area (Å²) in [6.07, 6.45) is 1.18. The number of carbonyl (C=O) groups is 2. The second-order valence-corrected chi connectivity index (χ2v) is 5.25. The summed E-state index contributed by atoms with van der Waals surface area (Å²) in [6, 6.07) is 6.55. The van der Waals surface area contributed by atoms with Gasteiger partial charge in [0.15, 0.2) is 6.61 Å². The highest BCUT2D eigenvalue weighted by molar-refractivity contribution is 5.92. The lowest BCUT2D eigenvalue weighted by molar-refractivity contribution is -0.148. The standard InChI is InChI=1S/C16H17N3O5/c1-10-3-4-12(7-11(10)2)17-14(21)9-24-15(22)8-19-6-5-13(20)18-16(19)23/h3-7H,8-9H2,1-2H3,(H,17,21)(H,18,20,23). The predicted octanol–water partition coefficient (Wildman–Crippen LogP) is 0.335. The number of hydrogen-bond acceptors (Lipinski definition) is 5. The van der Waals surface area contributed by atoms with Gasteiger partial charge in [-0.1, -0.05) is 6.07 Å². The summed E-state index contributed by atoms with van der Waals surface area (Å²) in [5.74, 6) is -1.25. The third-order valence-corrected chi connectivity index (χ3v) is 3.35. The number of hydrogen-bond donors (Lipinski definition) is 2. The summed E-state index contributed by atoms with van der Waals surface area (Å²) >= 11 is 0. The lowest BCUT2D eigenvalue weighted by Gasteiger charge is -2.09. The zero-order valence-corrected chi connectivity index (χ0v) is 13.3. The number of aryl methyl sites for hydroxylation is 2. The fraction of sp³-hybridized carbons (Fsp3) is 0.250. The number of anilines is 1. The summed E-state index contributed by atoms with van der Waals surface area (Å²) in [5, 5.41) is 2.62. The van der Waals surface area contributed by atoms with Crippen LogP contribution in [0.3, 0.4) is 0 Å². The number of rotatable bonds is 5. The van der Waals surface area contributed by atoms with Crippen LogP contribution in [0.2, 0.25) is 0 Å². The minimum absolute atomic E-state index is 0.396. The number of amides is 1. The van der Waals surface area contributed by atoms with Crippen molar-refractivity contribution >= 4 is 17.6 Å². The highest BCUT2D eigenvalue weighted by Crippen LogP contribution is 2.13. The molecule has 0 aliphatic heterocycles. The average molecular weight is 331 g/mol. The maximum atomic E-state index is 11.8. The van der Waals surface area contributed by atoms with Crippen LogP contribution in [0.1, 0.15) is 11.1 Å². The molecule has 0 spiro atoms. The van der Waals surface area contributed by atoms with Crippen LogP contribution in [0.4, 0.5) is 5.69 Å². The Morgan fingerprint density at radius 1 is 1.17 bits per heavy atom. The molecular weight excluding hydrogens is 314 g/mol. The van der Waals surface area contributed by atoms with Crippen LogP contribution in [0, 0.1) is 13.8 Å². The molecule has 8 nitrogen and oxygen atoms in total. The number of ether oxygens (including phenoxy) is 1. The topological polar surface area (TPSA) is 110 Å². The molecular formula is C16H17N3O5. The van der Waals surface area contributed by atoms with E-state index in [1.54, 1.807) is 6.07 Å². The molecule has 1 aromatic heterocycles. The molecule has 2 aromatic rings. The van der Waals surface area contributed by atoms with E-state index in [0.29, 0.717) is 5.69 Å². The van der Waals surface area contributed by atoms with Gasteiger partial charge >= 0.3 is 11.7 Å². The summed E-state index contributed by atoms with van der Waals surface area (Å²) in [7, 11) is 0. The van der Waals surface area contributed by atoms with Gasteiger partial charge in [0.25, 0.3) is 11.5 Å². The van der Waals surface area contributed by atoms with Crippen LogP contribution in [0.25, 0.3) is 0 Å². The maximum absolute atomic E-state index is 11.8. The number of aromatic amines is 1. The van der Waals surface area contributed by atoms with E-state index in [4.69, 9.17) is 4.74 Å². The van der Waals surface area contributed by atoms with Crippen molar-refractivity contribution in [3.05, 3.63) is 62.4 Å². The Hall–Kier alpha value is -3.16. The van der Waals surface area contributed by atoms with Crippen molar-refractivity contribution in [2.24, 2.45) is 0 Å². The Bertz CT molecular complexity index is 882. The van der Waals surface area contributed by atoms with E-state index in [1.807, 2.05) is 31.0 Å². The summed E-state index contributed by atoms with van der Waals surface area (Å²) in [5.41, 5.74) is 1.46. The Labute approximate surface area is 137 Å². The first-order valence-corrected chi connectivity index (χ1v) is 7.17. The molecule has 0 aliphatic rings. The van der Waals surface area contributed by atoms with Gasteiger partial charge in [0.05, 0.1) is 0 Å². The maximum Gasteiger partial charge on any atom is 0.328 e. The van der Waals surface area contributed by atoms with Crippen molar-refractivity contribution in [3.8, 4) is 0 Å². The van der Waals surface area contributed by atoms with Crippen molar-refractivity contribution in [2.75, 3.05) is 11.9 Å². The number of benzene rings is 1. The first kappa shape index (κ1) is 17.2. The number of H-pyrrole nitrogens is 1. The van der Waals surface area contributed by atoms with E-state index < -0.39 is 36.3 Å². The third kappa shape index (κ3) is 4.67. The molecule has 0 bridgehead atoms. The lowest BCUT2D eigenvalue weighted by Crippen LogP contribution is -2.32. The van der Waals surface area contributed by atoms with Crippen molar-refractivity contribution in [1.82, 2.24) is 9.55 Å². The number of nitrogens with one attached hydrogen (secondary N) is 2. The third-order valence-electron chi connectivity index (χ3n) is 3.35. The lowest BCUT2D eigenvalue weighted by atomic mass is 10.1. The molecule has 0 radical (unpaired) electrons. The van der Waals surface area contributed by atoms with Crippen molar-refractivity contribution in [3.63, 3.8) is 0 Å². The van der Waals surface area contributed by atoms with E-state index in [9.17, 15) is 19.2 Å². The molecule has 24 heavy (non-hydrogen) atoms. The van der Waals surface area contributed by atoms with E-state index in [-0.39, 0.29) is 0 Å². The highest BCUT2D eigenvalue weighted by atomic mass is 16.5. The zero-order valence-electron chi connectivity index (χ0n) is 13.3. The SMILES string of the molecule is Cc1ccc(NC(=O)COC(=O)Cn2ccc(=O)[nH]c2=O)cc1C. The average Bonchev–Trinajstić information content (AvgIpc) is 2.52. The van der Waals surface area contributed by atoms with E-state index in [0.717, 1.165) is 21.8 Å². The largest absolute Gasteiger partial charge is 0.454 e. The minimum Gasteiger partial charge on any atom is -0.454 e. The van der Waals surface area contributed by atoms with Gasteiger partial charge < -0.3 is 10.1 Å². The van der Waals surface area contributed by atoms with E-state index >= 15 is 0 Å². The summed E-state index contributed by atoms with van der Waals surface area (Å²) < 4.78 is 5.79. The number of carbonyl (C=O) groups excluding carboxylic acids is 2. The molecule has 1 heterocycles. The summed E-state index contributed by atoms with van der Waals surface area (Å²) in [4.78, 5) is 47.8. The molecule has 2 N–H and O–H groups in total. The van der Waals surface area contributed by atoms with Crippen molar-refractivity contribution in [2.45, 2.75) is 20.4 Å². The Balaban J connectivity index is 1.86. The van der Waals surface area contributed by atoms with Gasteiger partial charge in [-0.2, -0.15) is 0 Å². The monoisotopic (exact) mass is 331 g/mol. The highest BCUT2D eigenvalue weighted by Gasteiger charge is 2.10. The van der Waals surface area contributed by atoms with E-state index in [2.05, 4.69) is 5.32 Å². The molecule has 0 unspecified atom stereocenters. The fourth-order valence-corrected chi connectivity index (χ4v) is 1.92. The smallest absolute Gasteiger partial charge is 0.328 e. The number of nitrogens with zero attached hydrogens (tertiary/aromatic N) is 1. The Morgan fingerprint density at radius 3 is 2.58 bits per heavy atom. The molecule has 0 saturated carbocycles. The van der Waals surface area contributed by atoms with Crippen LogP contribution in [0.5, 0.6) is 0 Å². The van der Waals surface area contributed by atoms with Crippen LogP contribution in [0.15, 0.2) is 40.1 Å². The molecule has 0 atom stereocenters. The summed E-state index contributed by atoms with van der Waals surface area (Å²) in [6.45, 7) is 3.02. The molecule has 8 heteroatoms. The Morgan fingerprint density at radius 2 is 1.92 bits per heavy atom.